The molecule has 3 nitrogen and oxygen atoms in total. The zero-order chi connectivity index (χ0) is 14.7. The molecule has 0 N–H and O–H groups in total. The van der Waals surface area contributed by atoms with E-state index in [1.165, 1.54) is 11.1 Å². The third-order valence-electron chi connectivity index (χ3n) is 3.39. The highest BCUT2D eigenvalue weighted by Crippen LogP contribution is 2.21. The topological polar surface area (TPSA) is 34.9 Å². The van der Waals surface area contributed by atoms with Crippen LogP contribution in [0.1, 0.15) is 21.5 Å². The molecule has 21 heavy (non-hydrogen) atoms. The molecule has 0 unspecified atom stereocenters. The average Bonchev–Trinajstić information content (AvgIpc) is 2.91. The van der Waals surface area contributed by atoms with E-state index >= 15 is 0 Å². The van der Waals surface area contributed by atoms with Gasteiger partial charge >= 0.3 is 0 Å². The maximum atomic E-state index is 11.3. The maximum Gasteiger partial charge on any atom is 0.153 e. The summed E-state index contributed by atoms with van der Waals surface area (Å²) in [6.45, 7) is 2.73. The van der Waals surface area contributed by atoms with E-state index in [-0.39, 0.29) is 0 Å². The van der Waals surface area contributed by atoms with Crippen molar-refractivity contribution in [3.05, 3.63) is 77.5 Å². The Bertz CT molecular complexity index is 760. The second-order valence-electron chi connectivity index (χ2n) is 5.10. The lowest BCUT2D eigenvalue weighted by molar-refractivity contribution is 0.112. The number of aromatic nitrogens is 2. The normalized spacial score (nSPS) is 10.5. The summed E-state index contributed by atoms with van der Waals surface area (Å²) in [4.78, 5) is 11.3. The van der Waals surface area contributed by atoms with Crippen molar-refractivity contribution in [1.29, 1.82) is 0 Å². The van der Waals surface area contributed by atoms with Gasteiger partial charge in [-0.05, 0) is 12.5 Å². The molecule has 0 atom stereocenters. The zero-order valence-corrected chi connectivity index (χ0v) is 11.9. The number of hydrogen-bond donors (Lipinski definition) is 0. The lowest BCUT2D eigenvalue weighted by atomic mass is 10.1. The van der Waals surface area contributed by atoms with Gasteiger partial charge in [0, 0.05) is 11.8 Å². The average molecular weight is 276 g/mol. The summed E-state index contributed by atoms with van der Waals surface area (Å²) < 4.78 is 1.82. The van der Waals surface area contributed by atoms with Gasteiger partial charge in [-0.2, -0.15) is 5.10 Å². The minimum absolute atomic E-state index is 0.619. The monoisotopic (exact) mass is 276 g/mol. The highest BCUT2D eigenvalue weighted by Gasteiger charge is 2.10. The molecule has 3 heteroatoms. The fourth-order valence-electron chi connectivity index (χ4n) is 2.42. The summed E-state index contributed by atoms with van der Waals surface area (Å²) in [5, 5.41) is 4.56. The van der Waals surface area contributed by atoms with E-state index in [1.54, 1.807) is 6.20 Å². The predicted molar refractivity (Wildman–Crippen MR) is 83.3 cm³/mol. The van der Waals surface area contributed by atoms with E-state index in [4.69, 9.17) is 0 Å². The second kappa shape index (κ2) is 5.75. The van der Waals surface area contributed by atoms with Crippen LogP contribution in [0.4, 0.5) is 0 Å². The molecule has 0 saturated heterocycles. The van der Waals surface area contributed by atoms with Crippen molar-refractivity contribution in [1.82, 2.24) is 9.78 Å². The number of aldehydes is 1. The number of rotatable bonds is 4. The van der Waals surface area contributed by atoms with Crippen LogP contribution < -0.4 is 0 Å². The van der Waals surface area contributed by atoms with Crippen LogP contribution in [-0.2, 0) is 6.54 Å². The van der Waals surface area contributed by atoms with Crippen LogP contribution in [0.3, 0.4) is 0 Å². The number of aryl methyl sites for hydroxylation is 1. The fourth-order valence-corrected chi connectivity index (χ4v) is 2.42. The molecule has 1 aromatic heterocycles. The van der Waals surface area contributed by atoms with Gasteiger partial charge < -0.3 is 0 Å². The van der Waals surface area contributed by atoms with Crippen molar-refractivity contribution in [2.45, 2.75) is 13.5 Å². The molecule has 0 spiro atoms. The van der Waals surface area contributed by atoms with E-state index < -0.39 is 0 Å². The van der Waals surface area contributed by atoms with Crippen molar-refractivity contribution in [3.8, 4) is 11.3 Å². The number of benzene rings is 2. The number of nitrogens with zero attached hydrogens (tertiary/aromatic N) is 2. The fraction of sp³-hybridized carbons (Fsp3) is 0.111. The first-order chi connectivity index (χ1) is 10.3. The van der Waals surface area contributed by atoms with Crippen LogP contribution >= 0.6 is 0 Å². The van der Waals surface area contributed by atoms with Gasteiger partial charge in [0.25, 0.3) is 0 Å². The smallest absolute Gasteiger partial charge is 0.153 e. The molecule has 0 amide bonds. The Labute approximate surface area is 123 Å². The van der Waals surface area contributed by atoms with Crippen molar-refractivity contribution in [3.63, 3.8) is 0 Å². The lowest BCUT2D eigenvalue weighted by Crippen LogP contribution is -2.00. The molecule has 0 bridgehead atoms. The summed E-state index contributed by atoms with van der Waals surface area (Å²) in [6, 6.07) is 18.1. The van der Waals surface area contributed by atoms with Gasteiger partial charge in [-0.25, -0.2) is 0 Å². The largest absolute Gasteiger partial charge is 0.298 e. The van der Waals surface area contributed by atoms with Crippen molar-refractivity contribution in [2.24, 2.45) is 0 Å². The molecule has 0 aliphatic carbocycles. The SMILES string of the molecule is Cc1cccc(Cn2cc(C=O)c(-c3ccccc3)n2)c1. The minimum atomic E-state index is 0.619. The van der Waals surface area contributed by atoms with Gasteiger partial charge in [0.15, 0.2) is 6.29 Å². The molecule has 0 saturated carbocycles. The quantitative estimate of drug-likeness (QED) is 0.681. The van der Waals surface area contributed by atoms with Crippen molar-refractivity contribution in [2.75, 3.05) is 0 Å². The summed E-state index contributed by atoms with van der Waals surface area (Å²) in [6.07, 6.45) is 2.67. The number of hydrogen-bond acceptors (Lipinski definition) is 2. The molecule has 0 fully saturated rings. The maximum absolute atomic E-state index is 11.3. The van der Waals surface area contributed by atoms with Crippen LogP contribution in [0.25, 0.3) is 11.3 Å². The first-order valence-electron chi connectivity index (χ1n) is 6.90. The predicted octanol–water partition coefficient (Wildman–Crippen LogP) is 3.72. The molecule has 0 aliphatic rings. The van der Waals surface area contributed by atoms with Crippen LogP contribution in [0.15, 0.2) is 60.8 Å². The van der Waals surface area contributed by atoms with Crippen LogP contribution in [-0.4, -0.2) is 16.1 Å². The third-order valence-corrected chi connectivity index (χ3v) is 3.39. The van der Waals surface area contributed by atoms with Crippen LogP contribution in [0.2, 0.25) is 0 Å². The Morgan fingerprint density at radius 2 is 1.90 bits per heavy atom. The highest BCUT2D eigenvalue weighted by molar-refractivity contribution is 5.85. The van der Waals surface area contributed by atoms with Crippen molar-refractivity contribution >= 4 is 6.29 Å². The van der Waals surface area contributed by atoms with Crippen molar-refractivity contribution < 1.29 is 4.79 Å². The Morgan fingerprint density at radius 1 is 1.10 bits per heavy atom. The van der Waals surface area contributed by atoms with Crippen LogP contribution in [0.5, 0.6) is 0 Å². The Balaban J connectivity index is 1.95. The van der Waals surface area contributed by atoms with E-state index in [0.717, 1.165) is 17.5 Å². The summed E-state index contributed by atoms with van der Waals surface area (Å²) in [7, 11) is 0. The molecule has 0 radical (unpaired) electrons. The van der Waals surface area contributed by atoms with Crippen LogP contribution in [0, 0.1) is 6.92 Å². The Morgan fingerprint density at radius 3 is 2.62 bits per heavy atom. The molecular weight excluding hydrogens is 260 g/mol. The lowest BCUT2D eigenvalue weighted by Gasteiger charge is -2.03. The number of carbonyl (C=O) groups is 1. The van der Waals surface area contributed by atoms with Gasteiger partial charge in [0.2, 0.25) is 0 Å². The van der Waals surface area contributed by atoms with Gasteiger partial charge in [0.1, 0.15) is 5.69 Å². The summed E-state index contributed by atoms with van der Waals surface area (Å²) in [5.41, 5.74) is 4.71. The molecule has 2 aromatic carbocycles. The molecular formula is C18H16N2O. The summed E-state index contributed by atoms with van der Waals surface area (Å²) in [5.74, 6) is 0. The zero-order valence-electron chi connectivity index (χ0n) is 11.9. The van der Waals surface area contributed by atoms with E-state index in [9.17, 15) is 4.79 Å². The first kappa shape index (κ1) is 13.3. The molecule has 1 heterocycles. The third kappa shape index (κ3) is 2.92. The second-order valence-corrected chi connectivity index (χ2v) is 5.10. The van der Waals surface area contributed by atoms with E-state index in [1.807, 2.05) is 41.1 Å². The van der Waals surface area contributed by atoms with Gasteiger partial charge in [-0.1, -0.05) is 60.2 Å². The molecule has 104 valence electrons. The van der Waals surface area contributed by atoms with E-state index in [2.05, 4.69) is 30.2 Å². The summed E-state index contributed by atoms with van der Waals surface area (Å²) >= 11 is 0. The minimum Gasteiger partial charge on any atom is -0.298 e. The van der Waals surface area contributed by atoms with Gasteiger partial charge in [-0.3, -0.25) is 9.48 Å². The standard InChI is InChI=1S/C18H16N2O/c1-14-6-5-7-15(10-14)11-20-12-17(13-21)18(19-20)16-8-3-2-4-9-16/h2-10,12-13H,11H2,1H3. The van der Waals surface area contributed by atoms with Gasteiger partial charge in [0.05, 0.1) is 12.1 Å². The highest BCUT2D eigenvalue weighted by atomic mass is 16.1. The molecule has 3 aromatic rings. The first-order valence-corrected chi connectivity index (χ1v) is 6.90. The molecule has 0 aliphatic heterocycles. The number of carbonyl (C=O) groups excluding carboxylic acids is 1. The Kier molecular flexibility index (Phi) is 3.65. The Hall–Kier alpha value is -2.68. The van der Waals surface area contributed by atoms with E-state index in [0.29, 0.717) is 12.1 Å². The van der Waals surface area contributed by atoms with Gasteiger partial charge in [-0.15, -0.1) is 0 Å². The molecule has 3 rings (SSSR count).